The maximum atomic E-state index is 11.3. The predicted octanol–water partition coefficient (Wildman–Crippen LogP) is 2.49. The van der Waals surface area contributed by atoms with E-state index in [0.717, 1.165) is 11.8 Å². The third-order valence-electron chi connectivity index (χ3n) is 1.77. The van der Waals surface area contributed by atoms with E-state index in [1.165, 1.54) is 6.92 Å². The number of benzene rings is 1. The molecule has 0 radical (unpaired) electrons. The van der Waals surface area contributed by atoms with Crippen LogP contribution in [0.4, 0.5) is 5.69 Å². The summed E-state index contributed by atoms with van der Waals surface area (Å²) < 4.78 is 5.27. The Morgan fingerprint density at radius 3 is 2.56 bits per heavy atom. The van der Waals surface area contributed by atoms with Crippen LogP contribution in [0.15, 0.2) is 36.1 Å². The average Bonchev–Trinajstić information content (AvgIpc) is 2.20. The lowest BCUT2D eigenvalue weighted by Crippen LogP contribution is -2.08. The smallest absolute Gasteiger partial charge is 0.251 e. The molecular formula is C12H15NO3. The number of amides is 1. The highest BCUT2D eigenvalue weighted by Crippen LogP contribution is 2.15. The molecule has 0 spiro atoms. The van der Waals surface area contributed by atoms with Crippen molar-refractivity contribution in [3.63, 3.8) is 0 Å². The van der Waals surface area contributed by atoms with Crippen LogP contribution in [0, 0.1) is 0 Å². The summed E-state index contributed by atoms with van der Waals surface area (Å²) in [5, 5.41) is 11.5. The molecule has 0 aliphatic heterocycles. The Morgan fingerprint density at radius 2 is 2.06 bits per heavy atom. The number of ether oxygens (including phenoxy) is 1. The molecule has 1 aromatic rings. The van der Waals surface area contributed by atoms with Crippen molar-refractivity contribution >= 4 is 11.6 Å². The van der Waals surface area contributed by atoms with E-state index in [4.69, 9.17) is 9.84 Å². The molecule has 0 bridgehead atoms. The molecule has 4 heteroatoms. The molecular weight excluding hydrogens is 206 g/mol. The van der Waals surface area contributed by atoms with Crippen molar-refractivity contribution in [3.8, 4) is 5.75 Å². The maximum Gasteiger partial charge on any atom is 0.251 e. The van der Waals surface area contributed by atoms with E-state index in [9.17, 15) is 4.79 Å². The fourth-order valence-corrected chi connectivity index (χ4v) is 1.17. The van der Waals surface area contributed by atoms with Gasteiger partial charge in [-0.15, -0.1) is 0 Å². The fourth-order valence-electron chi connectivity index (χ4n) is 1.17. The monoisotopic (exact) mass is 221 g/mol. The SMILES string of the molecule is CCOc1ccc(NC(=O)C=C(C)O)cc1. The lowest BCUT2D eigenvalue weighted by atomic mass is 10.3. The number of carbonyl (C=O) groups is 1. The first-order valence-electron chi connectivity index (χ1n) is 5.03. The molecule has 0 aliphatic rings. The first-order valence-corrected chi connectivity index (χ1v) is 5.03. The van der Waals surface area contributed by atoms with Gasteiger partial charge in [0.05, 0.1) is 12.4 Å². The molecule has 2 N–H and O–H groups in total. The van der Waals surface area contributed by atoms with E-state index < -0.39 is 0 Å². The van der Waals surface area contributed by atoms with E-state index in [1.807, 2.05) is 6.92 Å². The number of rotatable bonds is 4. The van der Waals surface area contributed by atoms with Crippen LogP contribution in [0.2, 0.25) is 0 Å². The molecule has 0 unspecified atom stereocenters. The van der Waals surface area contributed by atoms with Crippen molar-refractivity contribution in [2.45, 2.75) is 13.8 Å². The quantitative estimate of drug-likeness (QED) is 0.606. The van der Waals surface area contributed by atoms with Gasteiger partial charge in [-0.1, -0.05) is 0 Å². The molecule has 4 nitrogen and oxygen atoms in total. The lowest BCUT2D eigenvalue weighted by molar-refractivity contribution is -0.112. The van der Waals surface area contributed by atoms with E-state index >= 15 is 0 Å². The van der Waals surface area contributed by atoms with Gasteiger partial charge in [-0.2, -0.15) is 0 Å². The van der Waals surface area contributed by atoms with Crippen molar-refractivity contribution < 1.29 is 14.6 Å². The molecule has 0 aromatic heterocycles. The van der Waals surface area contributed by atoms with Crippen molar-refractivity contribution in [3.05, 3.63) is 36.1 Å². The topological polar surface area (TPSA) is 58.6 Å². The summed E-state index contributed by atoms with van der Waals surface area (Å²) in [6.07, 6.45) is 1.12. The molecule has 0 aliphatic carbocycles. The summed E-state index contributed by atoms with van der Waals surface area (Å²) in [6, 6.07) is 7.02. The largest absolute Gasteiger partial charge is 0.512 e. The van der Waals surface area contributed by atoms with Crippen LogP contribution in [0.25, 0.3) is 0 Å². The number of aliphatic hydroxyl groups excluding tert-OH is 1. The van der Waals surface area contributed by atoms with Gasteiger partial charge in [0.1, 0.15) is 5.75 Å². The summed E-state index contributed by atoms with van der Waals surface area (Å²) in [7, 11) is 0. The second-order valence-corrected chi connectivity index (χ2v) is 3.23. The zero-order valence-corrected chi connectivity index (χ0v) is 9.36. The second kappa shape index (κ2) is 5.80. The van der Waals surface area contributed by atoms with Gasteiger partial charge in [0.2, 0.25) is 0 Å². The zero-order valence-electron chi connectivity index (χ0n) is 9.36. The number of allylic oxidation sites excluding steroid dienone is 1. The van der Waals surface area contributed by atoms with Crippen LogP contribution in [-0.4, -0.2) is 17.6 Å². The zero-order chi connectivity index (χ0) is 12.0. The van der Waals surface area contributed by atoms with Crippen LogP contribution < -0.4 is 10.1 Å². The van der Waals surface area contributed by atoms with Crippen molar-refractivity contribution in [2.75, 3.05) is 11.9 Å². The van der Waals surface area contributed by atoms with Gasteiger partial charge in [-0.05, 0) is 38.1 Å². The minimum absolute atomic E-state index is 0.0246. The Bertz CT molecular complexity index is 378. The van der Waals surface area contributed by atoms with Gasteiger partial charge in [0.25, 0.3) is 5.91 Å². The Morgan fingerprint density at radius 1 is 1.44 bits per heavy atom. The summed E-state index contributed by atoms with van der Waals surface area (Å²) in [5.41, 5.74) is 0.658. The Kier molecular flexibility index (Phi) is 4.39. The summed E-state index contributed by atoms with van der Waals surface area (Å²) in [6.45, 7) is 3.96. The van der Waals surface area contributed by atoms with Gasteiger partial charge in [0, 0.05) is 11.8 Å². The third-order valence-corrected chi connectivity index (χ3v) is 1.77. The van der Waals surface area contributed by atoms with Crippen molar-refractivity contribution in [1.29, 1.82) is 0 Å². The standard InChI is InChI=1S/C12H15NO3/c1-3-16-11-6-4-10(5-7-11)13-12(15)8-9(2)14/h4-8,14H,3H2,1-2H3,(H,13,15). The van der Waals surface area contributed by atoms with Gasteiger partial charge < -0.3 is 15.2 Å². The highest BCUT2D eigenvalue weighted by molar-refractivity contribution is 5.99. The predicted molar refractivity (Wildman–Crippen MR) is 62.6 cm³/mol. The fraction of sp³-hybridized carbons (Fsp3) is 0.250. The normalized spacial score (nSPS) is 11.0. The summed E-state index contributed by atoms with van der Waals surface area (Å²) in [4.78, 5) is 11.3. The number of hydrogen-bond donors (Lipinski definition) is 2. The average molecular weight is 221 g/mol. The Labute approximate surface area is 94.6 Å². The van der Waals surface area contributed by atoms with E-state index in [2.05, 4.69) is 5.32 Å². The Hall–Kier alpha value is -1.97. The number of aliphatic hydroxyl groups is 1. The number of nitrogens with one attached hydrogen (secondary N) is 1. The first-order chi connectivity index (χ1) is 7.61. The molecule has 0 heterocycles. The van der Waals surface area contributed by atoms with Crippen LogP contribution in [0.5, 0.6) is 5.75 Å². The molecule has 86 valence electrons. The van der Waals surface area contributed by atoms with Crippen LogP contribution in [0.1, 0.15) is 13.8 Å². The van der Waals surface area contributed by atoms with Crippen molar-refractivity contribution in [1.82, 2.24) is 0 Å². The van der Waals surface area contributed by atoms with Crippen LogP contribution in [-0.2, 0) is 4.79 Å². The van der Waals surface area contributed by atoms with E-state index in [0.29, 0.717) is 12.3 Å². The molecule has 0 saturated heterocycles. The molecule has 0 saturated carbocycles. The lowest BCUT2D eigenvalue weighted by Gasteiger charge is -2.05. The van der Waals surface area contributed by atoms with Gasteiger partial charge in [-0.3, -0.25) is 4.79 Å². The van der Waals surface area contributed by atoms with Gasteiger partial charge in [-0.25, -0.2) is 0 Å². The molecule has 1 aromatic carbocycles. The molecule has 1 amide bonds. The summed E-state index contributed by atoms with van der Waals surface area (Å²) >= 11 is 0. The van der Waals surface area contributed by atoms with Crippen LogP contribution >= 0.6 is 0 Å². The van der Waals surface area contributed by atoms with E-state index in [-0.39, 0.29) is 11.7 Å². The summed E-state index contributed by atoms with van der Waals surface area (Å²) in [5.74, 6) is 0.377. The molecule has 0 atom stereocenters. The minimum atomic E-state index is -0.357. The second-order valence-electron chi connectivity index (χ2n) is 3.23. The molecule has 16 heavy (non-hydrogen) atoms. The van der Waals surface area contributed by atoms with Crippen LogP contribution in [0.3, 0.4) is 0 Å². The van der Waals surface area contributed by atoms with E-state index in [1.54, 1.807) is 24.3 Å². The number of hydrogen-bond acceptors (Lipinski definition) is 3. The number of anilines is 1. The minimum Gasteiger partial charge on any atom is -0.512 e. The highest BCUT2D eigenvalue weighted by Gasteiger charge is 1.99. The van der Waals surface area contributed by atoms with Gasteiger partial charge in [0.15, 0.2) is 0 Å². The molecule has 1 rings (SSSR count). The number of carbonyl (C=O) groups excluding carboxylic acids is 1. The highest BCUT2D eigenvalue weighted by atomic mass is 16.5. The first kappa shape index (κ1) is 12.1. The van der Waals surface area contributed by atoms with Gasteiger partial charge >= 0.3 is 0 Å². The van der Waals surface area contributed by atoms with Crippen molar-refractivity contribution in [2.24, 2.45) is 0 Å². The molecule has 0 fully saturated rings. The Balaban J connectivity index is 2.61. The maximum absolute atomic E-state index is 11.3. The third kappa shape index (κ3) is 4.04.